The predicted octanol–water partition coefficient (Wildman–Crippen LogP) is 0.965. The third kappa shape index (κ3) is 4.27. The predicted molar refractivity (Wildman–Crippen MR) is 82.5 cm³/mol. The monoisotopic (exact) mass is 325 g/mol. The molecule has 1 aromatic rings. The second-order valence-electron chi connectivity index (χ2n) is 6.66. The molecule has 1 aromatic heterocycles. The Morgan fingerprint density at radius 1 is 1.43 bits per heavy atom. The van der Waals surface area contributed by atoms with Gasteiger partial charge in [-0.15, -0.1) is 5.10 Å². The summed E-state index contributed by atoms with van der Waals surface area (Å²) in [5, 5.41) is 7.76. The molecule has 0 aliphatic carbocycles. The van der Waals surface area contributed by atoms with Gasteiger partial charge in [0.05, 0.1) is 25.3 Å². The number of carbonyl (C=O) groups excluding carboxylic acids is 2. The first kappa shape index (κ1) is 17.4. The Hall–Kier alpha value is -1.99. The summed E-state index contributed by atoms with van der Waals surface area (Å²) in [5.41, 5.74) is 0.241. The van der Waals surface area contributed by atoms with Crippen molar-refractivity contribution in [2.24, 2.45) is 5.92 Å². The van der Waals surface area contributed by atoms with E-state index in [1.807, 2.05) is 13.8 Å². The number of amides is 2. The van der Waals surface area contributed by atoms with Crippen molar-refractivity contribution in [1.82, 2.24) is 24.8 Å². The third-order valence-corrected chi connectivity index (χ3v) is 3.83. The molecular weight excluding hydrogens is 301 g/mol. The Morgan fingerprint density at radius 3 is 2.74 bits per heavy atom. The van der Waals surface area contributed by atoms with Crippen molar-refractivity contribution in [2.75, 3.05) is 20.6 Å². The van der Waals surface area contributed by atoms with Crippen LogP contribution in [-0.4, -0.2) is 69.5 Å². The lowest BCUT2D eigenvalue weighted by atomic mass is 10.1. The molecule has 2 rings (SSSR count). The SMILES string of the molecule is CC(C)CC(=O)N1C[C@@H](F)C[C@H]1Cn1cc(C(=O)N(C)C)nn1. The zero-order valence-corrected chi connectivity index (χ0v) is 14.1. The van der Waals surface area contributed by atoms with Crippen LogP contribution in [0, 0.1) is 5.92 Å². The minimum absolute atomic E-state index is 0.0325. The fraction of sp³-hybridized carbons (Fsp3) is 0.733. The molecule has 0 spiro atoms. The van der Waals surface area contributed by atoms with Crippen molar-refractivity contribution in [3.05, 3.63) is 11.9 Å². The molecule has 8 heteroatoms. The Morgan fingerprint density at radius 2 is 2.13 bits per heavy atom. The first-order chi connectivity index (χ1) is 10.8. The van der Waals surface area contributed by atoms with Crippen LogP contribution in [0.15, 0.2) is 6.20 Å². The fourth-order valence-corrected chi connectivity index (χ4v) is 2.74. The van der Waals surface area contributed by atoms with Gasteiger partial charge < -0.3 is 9.80 Å². The normalized spacial score (nSPS) is 21.0. The number of carbonyl (C=O) groups is 2. The van der Waals surface area contributed by atoms with E-state index < -0.39 is 6.17 Å². The van der Waals surface area contributed by atoms with Gasteiger partial charge in [-0.2, -0.15) is 0 Å². The van der Waals surface area contributed by atoms with Crippen molar-refractivity contribution in [3.63, 3.8) is 0 Å². The molecule has 2 amide bonds. The number of halogens is 1. The standard InChI is InChI=1S/C15H24FN5O2/c1-10(2)5-14(22)21-7-11(16)6-12(21)8-20-9-13(17-18-20)15(23)19(3)4/h9-12H,5-8H2,1-4H3/t11-,12-/m0/s1. The van der Waals surface area contributed by atoms with Crippen LogP contribution in [0.3, 0.4) is 0 Å². The van der Waals surface area contributed by atoms with Gasteiger partial charge in [0.1, 0.15) is 6.17 Å². The Bertz CT molecular complexity index is 572. The van der Waals surface area contributed by atoms with Gasteiger partial charge in [-0.1, -0.05) is 19.1 Å². The summed E-state index contributed by atoms with van der Waals surface area (Å²) in [6, 6.07) is -0.250. The highest BCUT2D eigenvalue weighted by Gasteiger charge is 2.35. The number of likely N-dealkylation sites (tertiary alicyclic amines) is 1. The molecule has 7 nitrogen and oxygen atoms in total. The van der Waals surface area contributed by atoms with Crippen LogP contribution in [0.2, 0.25) is 0 Å². The molecule has 128 valence electrons. The van der Waals surface area contributed by atoms with Crippen LogP contribution in [-0.2, 0) is 11.3 Å². The molecule has 0 N–H and O–H groups in total. The molecule has 0 aromatic carbocycles. The summed E-state index contributed by atoms with van der Waals surface area (Å²) in [5.74, 6) is -0.0360. The van der Waals surface area contributed by atoms with Gasteiger partial charge in [-0.3, -0.25) is 9.59 Å². The van der Waals surface area contributed by atoms with Crippen molar-refractivity contribution < 1.29 is 14.0 Å². The van der Waals surface area contributed by atoms with Crippen molar-refractivity contribution in [2.45, 2.75) is 45.4 Å². The molecule has 0 saturated carbocycles. The topological polar surface area (TPSA) is 71.3 Å². The number of hydrogen-bond acceptors (Lipinski definition) is 4. The summed E-state index contributed by atoms with van der Waals surface area (Å²) < 4.78 is 15.3. The van der Waals surface area contributed by atoms with E-state index in [1.165, 1.54) is 9.58 Å². The Kier molecular flexibility index (Phi) is 5.33. The molecule has 2 atom stereocenters. The maximum atomic E-state index is 13.8. The summed E-state index contributed by atoms with van der Waals surface area (Å²) in [4.78, 5) is 27.1. The van der Waals surface area contributed by atoms with Crippen molar-refractivity contribution in [1.29, 1.82) is 0 Å². The van der Waals surface area contributed by atoms with Crippen molar-refractivity contribution in [3.8, 4) is 0 Å². The fourth-order valence-electron chi connectivity index (χ4n) is 2.74. The van der Waals surface area contributed by atoms with E-state index in [4.69, 9.17) is 0 Å². The molecule has 0 radical (unpaired) electrons. The van der Waals surface area contributed by atoms with Crippen LogP contribution in [0.4, 0.5) is 4.39 Å². The highest BCUT2D eigenvalue weighted by atomic mass is 19.1. The maximum Gasteiger partial charge on any atom is 0.275 e. The minimum Gasteiger partial charge on any atom is -0.343 e. The van der Waals surface area contributed by atoms with E-state index >= 15 is 0 Å². The summed E-state index contributed by atoms with van der Waals surface area (Å²) >= 11 is 0. The summed E-state index contributed by atoms with van der Waals surface area (Å²) in [7, 11) is 3.27. The zero-order valence-electron chi connectivity index (χ0n) is 14.1. The number of nitrogens with zero attached hydrogens (tertiary/aromatic N) is 5. The highest BCUT2D eigenvalue weighted by Crippen LogP contribution is 2.23. The van der Waals surface area contributed by atoms with E-state index in [0.717, 1.165) is 0 Å². The second-order valence-corrected chi connectivity index (χ2v) is 6.66. The molecule has 2 heterocycles. The summed E-state index contributed by atoms with van der Waals surface area (Å²) in [6.07, 6.45) is 1.23. The smallest absolute Gasteiger partial charge is 0.275 e. The molecule has 1 aliphatic heterocycles. The maximum absolute atomic E-state index is 13.8. The molecule has 1 fully saturated rings. The zero-order chi connectivity index (χ0) is 17.1. The lowest BCUT2D eigenvalue weighted by Gasteiger charge is -2.24. The van der Waals surface area contributed by atoms with E-state index in [1.54, 1.807) is 25.2 Å². The number of rotatable bonds is 5. The molecule has 23 heavy (non-hydrogen) atoms. The van der Waals surface area contributed by atoms with Crippen LogP contribution >= 0.6 is 0 Å². The van der Waals surface area contributed by atoms with Crippen LogP contribution in [0.5, 0.6) is 0 Å². The van der Waals surface area contributed by atoms with Gasteiger partial charge in [0, 0.05) is 26.9 Å². The molecule has 0 bridgehead atoms. The van der Waals surface area contributed by atoms with E-state index in [0.29, 0.717) is 19.4 Å². The van der Waals surface area contributed by atoms with Crippen LogP contribution in [0.1, 0.15) is 37.2 Å². The lowest BCUT2D eigenvalue weighted by Crippen LogP contribution is -2.38. The quantitative estimate of drug-likeness (QED) is 0.808. The lowest BCUT2D eigenvalue weighted by molar-refractivity contribution is -0.133. The van der Waals surface area contributed by atoms with Gasteiger partial charge in [-0.05, 0) is 5.92 Å². The Labute approximate surface area is 135 Å². The number of hydrogen-bond donors (Lipinski definition) is 0. The van der Waals surface area contributed by atoms with E-state index in [2.05, 4.69) is 10.3 Å². The van der Waals surface area contributed by atoms with Gasteiger partial charge in [0.2, 0.25) is 5.91 Å². The van der Waals surface area contributed by atoms with Crippen LogP contribution < -0.4 is 0 Å². The average molecular weight is 325 g/mol. The van der Waals surface area contributed by atoms with E-state index in [-0.39, 0.29) is 36.0 Å². The Balaban J connectivity index is 2.05. The van der Waals surface area contributed by atoms with Crippen molar-refractivity contribution >= 4 is 11.8 Å². The van der Waals surface area contributed by atoms with Gasteiger partial charge in [0.15, 0.2) is 5.69 Å². The summed E-state index contributed by atoms with van der Waals surface area (Å²) in [6.45, 7) is 4.41. The molecule has 1 saturated heterocycles. The van der Waals surface area contributed by atoms with Gasteiger partial charge >= 0.3 is 0 Å². The average Bonchev–Trinajstić information content (AvgIpc) is 3.04. The van der Waals surface area contributed by atoms with Gasteiger partial charge in [0.25, 0.3) is 5.91 Å². The number of alkyl halides is 1. The first-order valence-corrected chi connectivity index (χ1v) is 7.83. The van der Waals surface area contributed by atoms with Crippen LogP contribution in [0.25, 0.3) is 0 Å². The molecular formula is C15H24FN5O2. The molecule has 1 aliphatic rings. The van der Waals surface area contributed by atoms with Gasteiger partial charge in [-0.25, -0.2) is 9.07 Å². The first-order valence-electron chi connectivity index (χ1n) is 7.83. The highest BCUT2D eigenvalue weighted by molar-refractivity contribution is 5.91. The second kappa shape index (κ2) is 7.06. The minimum atomic E-state index is -1.01. The number of aromatic nitrogens is 3. The third-order valence-electron chi connectivity index (χ3n) is 3.83. The molecule has 0 unspecified atom stereocenters. The largest absolute Gasteiger partial charge is 0.343 e. The van der Waals surface area contributed by atoms with E-state index in [9.17, 15) is 14.0 Å².